The van der Waals surface area contributed by atoms with Gasteiger partial charge in [-0.1, -0.05) is 6.07 Å². The van der Waals surface area contributed by atoms with E-state index in [-0.39, 0.29) is 11.3 Å². The maximum Gasteiger partial charge on any atom is 0.271 e. The summed E-state index contributed by atoms with van der Waals surface area (Å²) in [7, 11) is 0. The number of hydrogen-bond acceptors (Lipinski definition) is 3. The first-order valence-electron chi connectivity index (χ1n) is 5.88. The number of ether oxygens (including phenoxy) is 1. The number of aromatic nitrogens is 1. The summed E-state index contributed by atoms with van der Waals surface area (Å²) in [5.74, 6) is -0.368. The number of nitrogens with zero attached hydrogens (tertiary/aromatic N) is 1. The summed E-state index contributed by atoms with van der Waals surface area (Å²) in [5.41, 5.74) is -0.612. The van der Waals surface area contributed by atoms with Crippen LogP contribution in [0.15, 0.2) is 41.3 Å². The molecule has 0 unspecified atom stereocenters. The molecule has 20 heavy (non-hydrogen) atoms. The second kappa shape index (κ2) is 5.88. The van der Waals surface area contributed by atoms with E-state index in [9.17, 15) is 14.0 Å². The van der Waals surface area contributed by atoms with Gasteiger partial charge in [-0.2, -0.15) is 0 Å². The van der Waals surface area contributed by atoms with Crippen LogP contribution in [0.1, 0.15) is 17.3 Å². The molecule has 0 radical (unpaired) electrons. The maximum absolute atomic E-state index is 13.2. The molecular formula is C14H11ClFNO3. The lowest BCUT2D eigenvalue weighted by atomic mass is 10.2. The van der Waals surface area contributed by atoms with E-state index in [1.54, 1.807) is 13.0 Å². The molecule has 2 aromatic rings. The van der Waals surface area contributed by atoms with Crippen LogP contribution in [0.3, 0.4) is 0 Å². The zero-order chi connectivity index (χ0) is 14.7. The molecular weight excluding hydrogens is 285 g/mol. The van der Waals surface area contributed by atoms with Crippen molar-refractivity contribution in [3.63, 3.8) is 0 Å². The van der Waals surface area contributed by atoms with Crippen LogP contribution in [0.2, 0.25) is 0 Å². The molecule has 0 saturated carbocycles. The minimum absolute atomic E-state index is 0.116. The Kier molecular flexibility index (Phi) is 4.20. The van der Waals surface area contributed by atoms with Crippen LogP contribution >= 0.6 is 11.6 Å². The minimum Gasteiger partial charge on any atom is -0.493 e. The van der Waals surface area contributed by atoms with Crippen LogP contribution < -0.4 is 10.3 Å². The average Bonchev–Trinajstić information content (AvgIpc) is 2.38. The lowest BCUT2D eigenvalue weighted by Crippen LogP contribution is -2.24. The molecule has 1 aromatic carbocycles. The van der Waals surface area contributed by atoms with E-state index in [2.05, 4.69) is 0 Å². The lowest BCUT2D eigenvalue weighted by molar-refractivity contribution is 0.107. The molecule has 0 spiro atoms. The Bertz CT molecular complexity index is 712. The topological polar surface area (TPSA) is 48.3 Å². The van der Waals surface area contributed by atoms with Gasteiger partial charge in [-0.3, -0.25) is 14.2 Å². The van der Waals surface area contributed by atoms with Crippen LogP contribution in [0.25, 0.3) is 5.69 Å². The summed E-state index contributed by atoms with van der Waals surface area (Å²) in [4.78, 5) is 23.7. The number of halogens is 2. The van der Waals surface area contributed by atoms with Crippen molar-refractivity contribution in [3.05, 3.63) is 58.3 Å². The fourth-order valence-corrected chi connectivity index (χ4v) is 1.98. The molecule has 0 aliphatic heterocycles. The normalized spacial score (nSPS) is 10.3. The molecule has 0 amide bonds. The predicted octanol–water partition coefficient (Wildman–Crippen LogP) is 2.75. The van der Waals surface area contributed by atoms with E-state index in [1.165, 1.54) is 30.5 Å². The summed E-state index contributed by atoms with van der Waals surface area (Å²) in [6.45, 7) is 2.02. The molecule has 2 rings (SSSR count). The minimum atomic E-state index is -0.913. The van der Waals surface area contributed by atoms with Crippen LogP contribution in [-0.4, -0.2) is 16.4 Å². The highest BCUT2D eigenvalue weighted by molar-refractivity contribution is 6.68. The van der Waals surface area contributed by atoms with Gasteiger partial charge in [0.2, 0.25) is 0 Å². The van der Waals surface area contributed by atoms with Gasteiger partial charge in [0, 0.05) is 6.20 Å². The Hall–Kier alpha value is -2.14. The van der Waals surface area contributed by atoms with Crippen molar-refractivity contribution in [1.29, 1.82) is 0 Å². The molecule has 0 aliphatic rings. The zero-order valence-electron chi connectivity index (χ0n) is 10.6. The summed E-state index contributed by atoms with van der Waals surface area (Å²) in [5, 5.41) is -0.913. The molecule has 4 nitrogen and oxygen atoms in total. The van der Waals surface area contributed by atoms with Gasteiger partial charge in [0.25, 0.3) is 10.8 Å². The van der Waals surface area contributed by atoms with Gasteiger partial charge in [-0.25, -0.2) is 4.39 Å². The highest BCUT2D eigenvalue weighted by Gasteiger charge is 2.18. The van der Waals surface area contributed by atoms with Gasteiger partial charge in [0.15, 0.2) is 0 Å². The van der Waals surface area contributed by atoms with Crippen molar-refractivity contribution < 1.29 is 13.9 Å². The third-order valence-corrected chi connectivity index (χ3v) is 2.83. The van der Waals surface area contributed by atoms with Gasteiger partial charge in [0.05, 0.1) is 12.3 Å². The van der Waals surface area contributed by atoms with Crippen LogP contribution in [0.5, 0.6) is 5.75 Å². The van der Waals surface area contributed by atoms with E-state index in [1.807, 2.05) is 0 Å². The zero-order valence-corrected chi connectivity index (χ0v) is 11.4. The third kappa shape index (κ3) is 2.72. The van der Waals surface area contributed by atoms with Crippen LogP contribution in [0, 0.1) is 5.82 Å². The first kappa shape index (κ1) is 14.3. The first-order valence-corrected chi connectivity index (χ1v) is 6.26. The van der Waals surface area contributed by atoms with Crippen molar-refractivity contribution in [1.82, 2.24) is 4.57 Å². The SMILES string of the molecule is CCOc1ccn(-c2cccc(F)c2)c(=O)c1C(=O)Cl. The van der Waals surface area contributed by atoms with E-state index in [4.69, 9.17) is 16.3 Å². The van der Waals surface area contributed by atoms with E-state index < -0.39 is 16.6 Å². The highest BCUT2D eigenvalue weighted by Crippen LogP contribution is 2.18. The predicted molar refractivity (Wildman–Crippen MR) is 73.3 cm³/mol. The first-order chi connectivity index (χ1) is 9.54. The highest BCUT2D eigenvalue weighted by atomic mass is 35.5. The fourth-order valence-electron chi connectivity index (χ4n) is 1.81. The monoisotopic (exact) mass is 295 g/mol. The van der Waals surface area contributed by atoms with Crippen molar-refractivity contribution in [2.75, 3.05) is 6.61 Å². The molecule has 0 N–H and O–H groups in total. The van der Waals surface area contributed by atoms with E-state index in [0.717, 1.165) is 4.57 Å². The Balaban J connectivity index is 2.65. The number of carbonyl (C=O) groups is 1. The van der Waals surface area contributed by atoms with Crippen molar-refractivity contribution in [2.45, 2.75) is 6.92 Å². The van der Waals surface area contributed by atoms with Crippen molar-refractivity contribution in [2.24, 2.45) is 0 Å². The molecule has 0 saturated heterocycles. The largest absolute Gasteiger partial charge is 0.493 e. The molecule has 6 heteroatoms. The maximum atomic E-state index is 13.2. The molecule has 0 aliphatic carbocycles. The molecule has 104 valence electrons. The lowest BCUT2D eigenvalue weighted by Gasteiger charge is -2.11. The van der Waals surface area contributed by atoms with Crippen molar-refractivity contribution >= 4 is 16.8 Å². The third-order valence-electron chi connectivity index (χ3n) is 2.64. The van der Waals surface area contributed by atoms with E-state index >= 15 is 0 Å². The summed E-state index contributed by atoms with van der Waals surface area (Å²) in [6.07, 6.45) is 1.41. The van der Waals surface area contributed by atoms with E-state index in [0.29, 0.717) is 12.3 Å². The van der Waals surface area contributed by atoms with Crippen LogP contribution in [0.4, 0.5) is 4.39 Å². The molecule has 0 bridgehead atoms. The standard InChI is InChI=1S/C14H11ClFNO3/c1-2-20-11-6-7-17(14(19)12(11)13(15)18)10-5-3-4-9(16)8-10/h3-8H,2H2,1H3. The number of pyridine rings is 1. The molecule has 0 atom stereocenters. The molecule has 0 fully saturated rings. The summed E-state index contributed by atoms with van der Waals surface area (Å²) >= 11 is 5.43. The van der Waals surface area contributed by atoms with Crippen LogP contribution in [-0.2, 0) is 0 Å². The quantitative estimate of drug-likeness (QED) is 0.815. The Morgan fingerprint density at radius 1 is 1.40 bits per heavy atom. The van der Waals surface area contributed by atoms with Gasteiger partial charge < -0.3 is 4.74 Å². The smallest absolute Gasteiger partial charge is 0.271 e. The number of carbonyl (C=O) groups excluding carboxylic acids is 1. The summed E-state index contributed by atoms with van der Waals surface area (Å²) in [6, 6.07) is 6.91. The second-order valence-electron chi connectivity index (χ2n) is 3.92. The van der Waals surface area contributed by atoms with Gasteiger partial charge >= 0.3 is 0 Å². The Morgan fingerprint density at radius 2 is 2.15 bits per heavy atom. The van der Waals surface area contributed by atoms with Gasteiger partial charge in [-0.15, -0.1) is 0 Å². The second-order valence-corrected chi connectivity index (χ2v) is 4.26. The van der Waals surface area contributed by atoms with Gasteiger partial charge in [0.1, 0.15) is 17.1 Å². The van der Waals surface area contributed by atoms with Gasteiger partial charge in [-0.05, 0) is 42.8 Å². The summed E-state index contributed by atoms with van der Waals surface area (Å²) < 4.78 is 19.6. The number of benzene rings is 1. The average molecular weight is 296 g/mol. The number of hydrogen-bond donors (Lipinski definition) is 0. The molecule has 1 aromatic heterocycles. The number of rotatable bonds is 4. The molecule has 1 heterocycles. The fraction of sp³-hybridized carbons (Fsp3) is 0.143. The Labute approximate surface area is 119 Å². The van der Waals surface area contributed by atoms with Crippen molar-refractivity contribution in [3.8, 4) is 11.4 Å². The Morgan fingerprint density at radius 3 is 2.75 bits per heavy atom.